The van der Waals surface area contributed by atoms with Crippen LogP contribution in [0.1, 0.15) is 37.5 Å². The molecule has 1 atom stereocenters. The number of halogens is 1. The normalized spacial score (nSPS) is 12.8. The van der Waals surface area contributed by atoms with Crippen LogP contribution in [0, 0.1) is 0 Å². The van der Waals surface area contributed by atoms with Gasteiger partial charge >= 0.3 is 0 Å². The van der Waals surface area contributed by atoms with Crippen LogP contribution in [-0.4, -0.2) is 52.5 Å². The van der Waals surface area contributed by atoms with Gasteiger partial charge in [-0.05, 0) is 37.5 Å². The number of nitrogens with one attached hydrogen (secondary N) is 2. The molecular formula is C23H35IN4O3S. The lowest BCUT2D eigenvalue weighted by Crippen LogP contribution is -2.38. The van der Waals surface area contributed by atoms with Crippen molar-refractivity contribution in [1.29, 1.82) is 0 Å². The summed E-state index contributed by atoms with van der Waals surface area (Å²) < 4.78 is 32.2. The Labute approximate surface area is 209 Å². The monoisotopic (exact) mass is 574 g/mol. The molecule has 178 valence electrons. The summed E-state index contributed by atoms with van der Waals surface area (Å²) in [6, 6.07) is 17.1. The lowest BCUT2D eigenvalue weighted by Gasteiger charge is -2.16. The van der Waals surface area contributed by atoms with E-state index in [4.69, 9.17) is 4.74 Å². The van der Waals surface area contributed by atoms with E-state index in [1.807, 2.05) is 38.1 Å². The first-order valence-electron chi connectivity index (χ1n) is 10.6. The topological polar surface area (TPSA) is 83.0 Å². The van der Waals surface area contributed by atoms with E-state index in [2.05, 4.69) is 27.8 Å². The average molecular weight is 575 g/mol. The van der Waals surface area contributed by atoms with Crippen LogP contribution >= 0.6 is 24.0 Å². The van der Waals surface area contributed by atoms with Crippen molar-refractivity contribution in [3.05, 3.63) is 65.7 Å². The van der Waals surface area contributed by atoms with Crippen molar-refractivity contribution >= 4 is 40.0 Å². The van der Waals surface area contributed by atoms with E-state index < -0.39 is 10.0 Å². The molecule has 0 aliphatic rings. The molecule has 32 heavy (non-hydrogen) atoms. The SMILES string of the molecule is CCNC(=NCc1ccccc1S(=O)(=O)N(C)C)NCCCOC(C)c1ccccc1.I. The molecule has 1 unspecified atom stereocenters. The van der Waals surface area contributed by atoms with Crippen molar-refractivity contribution in [2.24, 2.45) is 4.99 Å². The van der Waals surface area contributed by atoms with Crippen molar-refractivity contribution in [2.75, 3.05) is 33.8 Å². The first kappa shape index (κ1) is 28.3. The zero-order chi connectivity index (χ0) is 22.7. The highest BCUT2D eigenvalue weighted by molar-refractivity contribution is 14.0. The highest BCUT2D eigenvalue weighted by Crippen LogP contribution is 2.19. The Balaban J connectivity index is 0.00000512. The molecule has 2 rings (SSSR count). The Hall–Kier alpha value is -1.69. The van der Waals surface area contributed by atoms with Gasteiger partial charge in [0, 0.05) is 33.8 Å². The quantitative estimate of drug-likeness (QED) is 0.185. The molecule has 0 aliphatic heterocycles. The van der Waals surface area contributed by atoms with E-state index in [0.29, 0.717) is 31.2 Å². The number of sulfonamides is 1. The molecule has 0 spiro atoms. The van der Waals surface area contributed by atoms with Gasteiger partial charge in [-0.3, -0.25) is 0 Å². The van der Waals surface area contributed by atoms with Crippen molar-refractivity contribution in [2.45, 2.75) is 37.8 Å². The summed E-state index contributed by atoms with van der Waals surface area (Å²) in [5, 5.41) is 6.48. The molecule has 0 bridgehead atoms. The zero-order valence-electron chi connectivity index (χ0n) is 19.2. The van der Waals surface area contributed by atoms with E-state index in [1.165, 1.54) is 18.4 Å². The fraction of sp³-hybridized carbons (Fsp3) is 0.435. The number of hydrogen-bond acceptors (Lipinski definition) is 4. The number of guanidine groups is 1. The molecule has 0 aromatic heterocycles. The standard InChI is InChI=1S/C23H34N4O3S.HI/c1-5-24-23(25-16-11-17-30-19(2)20-12-7-6-8-13-20)26-18-21-14-9-10-15-22(21)31(28,29)27(3)4;/h6-10,12-15,19H,5,11,16-18H2,1-4H3,(H2,24,25,26);1H. The molecule has 2 N–H and O–H groups in total. The molecule has 0 amide bonds. The maximum atomic E-state index is 12.6. The van der Waals surface area contributed by atoms with Gasteiger partial charge < -0.3 is 15.4 Å². The minimum Gasteiger partial charge on any atom is -0.374 e. The maximum Gasteiger partial charge on any atom is 0.242 e. The molecule has 0 aliphatic carbocycles. The minimum absolute atomic E-state index is 0. The summed E-state index contributed by atoms with van der Waals surface area (Å²) in [4.78, 5) is 4.85. The first-order valence-corrected chi connectivity index (χ1v) is 12.0. The largest absolute Gasteiger partial charge is 0.374 e. The van der Waals surface area contributed by atoms with Gasteiger partial charge in [0.05, 0.1) is 17.5 Å². The summed E-state index contributed by atoms with van der Waals surface area (Å²) in [7, 11) is -0.457. The highest BCUT2D eigenvalue weighted by atomic mass is 127. The predicted octanol–water partition coefficient (Wildman–Crippen LogP) is 3.78. The molecular weight excluding hydrogens is 539 g/mol. The average Bonchev–Trinajstić information content (AvgIpc) is 2.77. The van der Waals surface area contributed by atoms with Gasteiger partial charge in [0.15, 0.2) is 5.96 Å². The van der Waals surface area contributed by atoms with Gasteiger partial charge in [-0.1, -0.05) is 48.5 Å². The van der Waals surface area contributed by atoms with Gasteiger partial charge in [0.1, 0.15) is 0 Å². The highest BCUT2D eigenvalue weighted by Gasteiger charge is 2.20. The van der Waals surface area contributed by atoms with Crippen LogP contribution in [0.3, 0.4) is 0 Å². The molecule has 0 radical (unpaired) electrons. The third-order valence-electron chi connectivity index (χ3n) is 4.73. The number of ether oxygens (including phenoxy) is 1. The Morgan fingerprint density at radius 2 is 1.72 bits per heavy atom. The summed E-state index contributed by atoms with van der Waals surface area (Å²) in [6.45, 7) is 6.35. The second-order valence-corrected chi connectivity index (χ2v) is 9.41. The molecule has 2 aromatic carbocycles. The van der Waals surface area contributed by atoms with Gasteiger partial charge in [-0.2, -0.15) is 0 Å². The second-order valence-electron chi connectivity index (χ2n) is 7.29. The van der Waals surface area contributed by atoms with Crippen molar-refractivity contribution < 1.29 is 13.2 Å². The maximum absolute atomic E-state index is 12.6. The first-order chi connectivity index (χ1) is 14.9. The van der Waals surface area contributed by atoms with E-state index in [0.717, 1.165) is 12.0 Å². The van der Waals surface area contributed by atoms with Crippen molar-refractivity contribution in [3.63, 3.8) is 0 Å². The molecule has 0 heterocycles. The molecule has 7 nitrogen and oxygen atoms in total. The number of aliphatic imine (C=N–C) groups is 1. The molecule has 0 saturated carbocycles. The minimum atomic E-state index is -3.52. The number of hydrogen-bond donors (Lipinski definition) is 2. The van der Waals surface area contributed by atoms with Crippen LogP contribution in [-0.2, 0) is 21.3 Å². The zero-order valence-corrected chi connectivity index (χ0v) is 22.4. The lowest BCUT2D eigenvalue weighted by atomic mass is 10.1. The van der Waals surface area contributed by atoms with Crippen molar-refractivity contribution in [1.82, 2.24) is 14.9 Å². The van der Waals surface area contributed by atoms with Gasteiger partial charge in [0.25, 0.3) is 0 Å². The Morgan fingerprint density at radius 1 is 1.06 bits per heavy atom. The van der Waals surface area contributed by atoms with E-state index in [9.17, 15) is 8.42 Å². The molecule has 0 saturated heterocycles. The van der Waals surface area contributed by atoms with Crippen LogP contribution in [0.15, 0.2) is 64.5 Å². The summed E-state index contributed by atoms with van der Waals surface area (Å²) in [5.74, 6) is 0.649. The number of nitrogens with zero attached hydrogens (tertiary/aromatic N) is 2. The molecule has 9 heteroatoms. The number of benzene rings is 2. The Bertz CT molecular complexity index is 937. The second kappa shape index (κ2) is 14.5. The van der Waals surface area contributed by atoms with Gasteiger partial charge in [0.2, 0.25) is 10.0 Å². The van der Waals surface area contributed by atoms with Gasteiger partial charge in [-0.15, -0.1) is 24.0 Å². The summed E-state index contributed by atoms with van der Waals surface area (Å²) in [6.07, 6.45) is 0.881. The van der Waals surface area contributed by atoms with Crippen LogP contribution in [0.25, 0.3) is 0 Å². The summed E-state index contributed by atoms with van der Waals surface area (Å²) >= 11 is 0. The fourth-order valence-corrected chi connectivity index (χ4v) is 4.06. The van der Waals surface area contributed by atoms with E-state index in [1.54, 1.807) is 18.2 Å². The molecule has 0 fully saturated rings. The predicted molar refractivity (Wildman–Crippen MR) is 141 cm³/mol. The van der Waals surface area contributed by atoms with Crippen LogP contribution in [0.4, 0.5) is 0 Å². The van der Waals surface area contributed by atoms with Crippen LogP contribution in [0.2, 0.25) is 0 Å². The third kappa shape index (κ3) is 8.68. The van der Waals surface area contributed by atoms with E-state index >= 15 is 0 Å². The van der Waals surface area contributed by atoms with E-state index in [-0.39, 0.29) is 41.5 Å². The van der Waals surface area contributed by atoms with Crippen LogP contribution < -0.4 is 10.6 Å². The third-order valence-corrected chi connectivity index (χ3v) is 6.65. The van der Waals surface area contributed by atoms with Crippen molar-refractivity contribution in [3.8, 4) is 0 Å². The lowest BCUT2D eigenvalue weighted by molar-refractivity contribution is 0.0646. The summed E-state index contributed by atoms with van der Waals surface area (Å²) in [5.41, 5.74) is 1.82. The molecule has 2 aromatic rings. The smallest absolute Gasteiger partial charge is 0.242 e. The number of rotatable bonds is 11. The van der Waals surface area contributed by atoms with Crippen LogP contribution in [0.5, 0.6) is 0 Å². The Kier molecular flexibility index (Phi) is 12.8. The Morgan fingerprint density at radius 3 is 2.38 bits per heavy atom. The fourth-order valence-electron chi connectivity index (χ4n) is 2.95. The van der Waals surface area contributed by atoms with Gasteiger partial charge in [-0.25, -0.2) is 17.7 Å².